The number of benzene rings is 3. The SMILES string of the molecule is [CH-]=CCC(CCCC)OC(c1ccccc1)(c1ccccc1)c1ccccc1.[Li+]. The van der Waals surface area contributed by atoms with Gasteiger partial charge >= 0.3 is 18.9 Å². The molecule has 2 heteroatoms. The maximum atomic E-state index is 7.03. The number of unbranched alkanes of at least 4 members (excludes halogenated alkanes) is 1. The Morgan fingerprint density at radius 2 is 1.21 bits per heavy atom. The third-order valence-corrected chi connectivity index (χ3v) is 5.16. The Morgan fingerprint density at radius 3 is 1.55 bits per heavy atom. The normalized spacial score (nSPS) is 12.0. The van der Waals surface area contributed by atoms with E-state index in [-0.39, 0.29) is 25.0 Å². The molecule has 0 radical (unpaired) electrons. The van der Waals surface area contributed by atoms with Gasteiger partial charge in [-0.05, 0) is 29.5 Å². The van der Waals surface area contributed by atoms with E-state index in [0.717, 1.165) is 42.4 Å². The molecular formula is C27H29LiO. The maximum Gasteiger partial charge on any atom is 1.00 e. The third kappa shape index (κ3) is 5.52. The zero-order valence-corrected chi connectivity index (χ0v) is 17.6. The minimum absolute atomic E-state index is 0. The average Bonchev–Trinajstić information content (AvgIpc) is 2.77. The van der Waals surface area contributed by atoms with E-state index in [4.69, 9.17) is 11.3 Å². The number of hydrogen-bond donors (Lipinski definition) is 0. The summed E-state index contributed by atoms with van der Waals surface area (Å²) in [5.41, 5.74) is 2.72. The van der Waals surface area contributed by atoms with E-state index >= 15 is 0 Å². The van der Waals surface area contributed by atoms with E-state index in [2.05, 4.69) is 79.7 Å². The summed E-state index contributed by atoms with van der Waals surface area (Å²) in [6.07, 6.45) is 5.75. The quantitative estimate of drug-likeness (QED) is 0.296. The predicted molar refractivity (Wildman–Crippen MR) is 117 cm³/mol. The molecule has 0 aliphatic carbocycles. The van der Waals surface area contributed by atoms with Gasteiger partial charge < -0.3 is 11.3 Å². The first-order valence-corrected chi connectivity index (χ1v) is 10.2. The topological polar surface area (TPSA) is 9.23 Å². The van der Waals surface area contributed by atoms with Crippen molar-refractivity contribution in [2.45, 2.75) is 44.3 Å². The second-order valence-electron chi connectivity index (χ2n) is 7.13. The summed E-state index contributed by atoms with van der Waals surface area (Å²) in [6, 6.07) is 31.6. The Kier molecular flexibility index (Phi) is 9.49. The monoisotopic (exact) mass is 376 g/mol. The van der Waals surface area contributed by atoms with Gasteiger partial charge in [-0.2, -0.15) is 0 Å². The molecule has 0 saturated carbocycles. The minimum Gasteiger partial charge on any atom is -0.518 e. The van der Waals surface area contributed by atoms with Crippen LogP contribution in [-0.2, 0) is 10.3 Å². The zero-order valence-electron chi connectivity index (χ0n) is 17.6. The van der Waals surface area contributed by atoms with Crippen molar-refractivity contribution in [1.82, 2.24) is 0 Å². The molecule has 1 nitrogen and oxygen atoms in total. The molecule has 3 aromatic rings. The first kappa shape index (κ1) is 23.2. The standard InChI is InChI=1S/C27H29O.Li/c1-3-5-22-26(15-4-2)28-27(23-16-9-6-10-17-23,24-18-11-7-12-19-24)25-20-13-8-14-21-25;/h2,4,6-14,16-21,26H,3,5,15,22H2,1H3;/q-1;+1. The average molecular weight is 376 g/mol. The fourth-order valence-corrected chi connectivity index (χ4v) is 3.78. The zero-order chi connectivity index (χ0) is 19.7. The first-order chi connectivity index (χ1) is 13.8. The summed E-state index contributed by atoms with van der Waals surface area (Å²) in [5, 5.41) is 0. The largest absolute Gasteiger partial charge is 1.00 e. The molecule has 0 saturated heterocycles. The minimum atomic E-state index is -0.675. The van der Waals surface area contributed by atoms with Crippen LogP contribution in [0.15, 0.2) is 97.1 Å². The van der Waals surface area contributed by atoms with Crippen molar-refractivity contribution < 1.29 is 23.6 Å². The van der Waals surface area contributed by atoms with Crippen molar-refractivity contribution in [1.29, 1.82) is 0 Å². The van der Waals surface area contributed by atoms with Gasteiger partial charge in [0.1, 0.15) is 5.60 Å². The number of rotatable bonds is 10. The summed E-state index contributed by atoms with van der Waals surface area (Å²) in [6.45, 7) is 8.04. The Morgan fingerprint density at radius 1 is 0.793 bits per heavy atom. The van der Waals surface area contributed by atoms with Crippen LogP contribution in [0.3, 0.4) is 0 Å². The molecule has 0 fully saturated rings. The molecule has 1 atom stereocenters. The van der Waals surface area contributed by atoms with Crippen LogP contribution in [-0.4, -0.2) is 6.10 Å². The molecule has 0 N–H and O–H groups in total. The van der Waals surface area contributed by atoms with Gasteiger partial charge in [-0.15, -0.1) is 0 Å². The van der Waals surface area contributed by atoms with Gasteiger partial charge in [0.2, 0.25) is 0 Å². The van der Waals surface area contributed by atoms with Crippen LogP contribution in [0, 0.1) is 6.58 Å². The Bertz CT molecular complexity index is 734. The van der Waals surface area contributed by atoms with Gasteiger partial charge in [0, 0.05) is 0 Å². The summed E-state index contributed by atoms with van der Waals surface area (Å²) >= 11 is 0. The Hall–Kier alpha value is -2.04. The smallest absolute Gasteiger partial charge is 0.518 e. The Balaban J connectivity index is 0.00000300. The molecule has 3 aromatic carbocycles. The van der Waals surface area contributed by atoms with Crippen molar-refractivity contribution in [2.24, 2.45) is 0 Å². The van der Waals surface area contributed by atoms with Crippen molar-refractivity contribution in [3.05, 3.63) is 120 Å². The third-order valence-electron chi connectivity index (χ3n) is 5.16. The fourth-order valence-electron chi connectivity index (χ4n) is 3.78. The molecule has 3 rings (SSSR count). The second-order valence-corrected chi connectivity index (χ2v) is 7.13. The first-order valence-electron chi connectivity index (χ1n) is 10.2. The summed E-state index contributed by atoms with van der Waals surface area (Å²) in [4.78, 5) is 0. The molecule has 0 heterocycles. The van der Waals surface area contributed by atoms with E-state index in [0.29, 0.717) is 0 Å². The molecule has 0 bridgehead atoms. The number of ether oxygens (including phenoxy) is 1. The van der Waals surface area contributed by atoms with Crippen LogP contribution in [0.4, 0.5) is 0 Å². The molecular weight excluding hydrogens is 347 g/mol. The maximum absolute atomic E-state index is 7.03. The van der Waals surface area contributed by atoms with Crippen molar-refractivity contribution in [2.75, 3.05) is 0 Å². The fraction of sp³-hybridized carbons (Fsp3) is 0.259. The van der Waals surface area contributed by atoms with E-state index in [1.165, 1.54) is 0 Å². The molecule has 29 heavy (non-hydrogen) atoms. The second kappa shape index (κ2) is 11.8. The van der Waals surface area contributed by atoms with Gasteiger partial charge in [-0.1, -0.05) is 111 Å². The molecule has 0 spiro atoms. The molecule has 0 aliphatic heterocycles. The van der Waals surface area contributed by atoms with Gasteiger partial charge in [-0.3, -0.25) is 6.08 Å². The van der Waals surface area contributed by atoms with Crippen molar-refractivity contribution in [3.63, 3.8) is 0 Å². The van der Waals surface area contributed by atoms with Crippen LogP contribution in [0.2, 0.25) is 0 Å². The Labute approximate surface area is 188 Å². The molecule has 0 aromatic heterocycles. The summed E-state index contributed by atoms with van der Waals surface area (Å²) in [5.74, 6) is 0. The van der Waals surface area contributed by atoms with Crippen LogP contribution in [0.5, 0.6) is 0 Å². The number of hydrogen-bond acceptors (Lipinski definition) is 1. The molecule has 0 amide bonds. The van der Waals surface area contributed by atoms with Crippen molar-refractivity contribution in [3.8, 4) is 0 Å². The van der Waals surface area contributed by atoms with Crippen LogP contribution >= 0.6 is 0 Å². The van der Waals surface area contributed by atoms with E-state index in [1.807, 2.05) is 18.2 Å². The van der Waals surface area contributed by atoms with Gasteiger partial charge in [0.25, 0.3) is 0 Å². The van der Waals surface area contributed by atoms with E-state index < -0.39 is 5.60 Å². The van der Waals surface area contributed by atoms with E-state index in [1.54, 1.807) is 6.08 Å². The van der Waals surface area contributed by atoms with Crippen molar-refractivity contribution >= 4 is 0 Å². The molecule has 0 aliphatic rings. The van der Waals surface area contributed by atoms with Gasteiger partial charge in [0.05, 0.1) is 6.10 Å². The van der Waals surface area contributed by atoms with E-state index in [9.17, 15) is 0 Å². The molecule has 144 valence electrons. The predicted octanol–water partition coefficient (Wildman–Crippen LogP) is 3.94. The van der Waals surface area contributed by atoms with Crippen LogP contribution < -0.4 is 18.9 Å². The van der Waals surface area contributed by atoms with Crippen LogP contribution in [0.1, 0.15) is 49.3 Å². The van der Waals surface area contributed by atoms with Gasteiger partial charge in [-0.25, -0.2) is 0 Å². The van der Waals surface area contributed by atoms with Crippen LogP contribution in [0.25, 0.3) is 0 Å². The molecule has 1 unspecified atom stereocenters. The summed E-state index contributed by atoms with van der Waals surface area (Å²) in [7, 11) is 0. The summed E-state index contributed by atoms with van der Waals surface area (Å²) < 4.78 is 7.03. The van der Waals surface area contributed by atoms with Gasteiger partial charge in [0.15, 0.2) is 0 Å².